The third-order valence-electron chi connectivity index (χ3n) is 3.01. The average Bonchev–Trinajstić information content (AvgIpc) is 2.43. The van der Waals surface area contributed by atoms with E-state index in [9.17, 15) is 0 Å². The summed E-state index contributed by atoms with van der Waals surface area (Å²) in [5.41, 5.74) is 9.04. The monoisotopic (exact) mass is 288 g/mol. The predicted octanol–water partition coefficient (Wildman–Crippen LogP) is 4.22. The van der Waals surface area contributed by atoms with Crippen molar-refractivity contribution in [2.45, 2.75) is 37.1 Å². The molecule has 0 atom stereocenters. The molecule has 2 rings (SSSR count). The molecule has 0 bridgehead atoms. The van der Waals surface area contributed by atoms with Crippen LogP contribution in [0.2, 0.25) is 0 Å². The lowest BCUT2D eigenvalue weighted by molar-refractivity contribution is 0.305. The fraction of sp³-hybridized carbons (Fsp3) is 0.312. The maximum Gasteiger partial charge on any atom is 0.238 e. The number of aryl methyl sites for hydroxylation is 2. The van der Waals surface area contributed by atoms with Crippen molar-refractivity contribution in [2.24, 2.45) is 0 Å². The molecule has 1 heterocycles. The van der Waals surface area contributed by atoms with Gasteiger partial charge >= 0.3 is 0 Å². The lowest BCUT2D eigenvalue weighted by atomic mass is 10.1. The van der Waals surface area contributed by atoms with Gasteiger partial charge in [-0.05, 0) is 55.7 Å². The van der Waals surface area contributed by atoms with Gasteiger partial charge in [0.1, 0.15) is 5.03 Å². The lowest BCUT2D eigenvalue weighted by Crippen LogP contribution is -2.01. The molecule has 1 aromatic heterocycles. The number of nitrogens with two attached hydrogens (primary N) is 1. The van der Waals surface area contributed by atoms with Crippen LogP contribution in [-0.2, 0) is 0 Å². The normalized spacial score (nSPS) is 10.6. The van der Waals surface area contributed by atoms with Crippen LogP contribution in [0.5, 0.6) is 5.88 Å². The number of aromatic nitrogens is 1. The van der Waals surface area contributed by atoms with Crippen molar-refractivity contribution in [3.8, 4) is 5.88 Å². The second kappa shape index (κ2) is 6.66. The zero-order valence-electron chi connectivity index (χ0n) is 12.1. The molecule has 0 spiro atoms. The number of hydrogen-bond donors (Lipinski definition) is 1. The minimum atomic E-state index is 0.528. The zero-order chi connectivity index (χ0) is 14.5. The maximum absolute atomic E-state index is 5.87. The van der Waals surface area contributed by atoms with E-state index in [0.717, 1.165) is 11.4 Å². The average molecular weight is 288 g/mol. The molecule has 0 saturated heterocycles. The molecule has 0 saturated carbocycles. The highest BCUT2D eigenvalue weighted by molar-refractivity contribution is 7.99. The van der Waals surface area contributed by atoms with Gasteiger partial charge in [0.25, 0.3) is 0 Å². The van der Waals surface area contributed by atoms with E-state index in [2.05, 4.69) is 44.0 Å². The fourth-order valence-electron chi connectivity index (χ4n) is 1.70. The van der Waals surface area contributed by atoms with Crippen molar-refractivity contribution in [1.82, 2.24) is 4.98 Å². The quantitative estimate of drug-likeness (QED) is 0.895. The first-order valence-corrected chi connectivity index (χ1v) is 7.56. The topological polar surface area (TPSA) is 48.1 Å². The molecule has 0 fully saturated rings. The Labute approximate surface area is 124 Å². The van der Waals surface area contributed by atoms with Crippen LogP contribution in [0, 0.1) is 13.8 Å². The largest absolute Gasteiger partial charge is 0.476 e. The Balaban J connectivity index is 2.18. The van der Waals surface area contributed by atoms with E-state index in [4.69, 9.17) is 10.5 Å². The SMILES string of the molecule is CCCOc1nc(Sc2ccc(C)c(C)c2)ccc1N. The predicted molar refractivity (Wildman–Crippen MR) is 84.5 cm³/mol. The zero-order valence-corrected chi connectivity index (χ0v) is 13.0. The summed E-state index contributed by atoms with van der Waals surface area (Å²) < 4.78 is 5.56. The highest BCUT2D eigenvalue weighted by Gasteiger charge is 2.06. The minimum absolute atomic E-state index is 0.528. The van der Waals surface area contributed by atoms with Crippen LogP contribution < -0.4 is 10.5 Å². The number of rotatable bonds is 5. The van der Waals surface area contributed by atoms with Gasteiger partial charge in [-0.2, -0.15) is 0 Å². The number of anilines is 1. The first-order chi connectivity index (χ1) is 9.60. The summed E-state index contributed by atoms with van der Waals surface area (Å²) >= 11 is 1.62. The van der Waals surface area contributed by atoms with Crippen LogP contribution in [0.1, 0.15) is 24.5 Å². The molecule has 4 heteroatoms. The van der Waals surface area contributed by atoms with Crippen molar-refractivity contribution < 1.29 is 4.74 Å². The van der Waals surface area contributed by atoms with Gasteiger partial charge in [-0.3, -0.25) is 0 Å². The van der Waals surface area contributed by atoms with Gasteiger partial charge in [-0.1, -0.05) is 24.8 Å². The summed E-state index contributed by atoms with van der Waals surface area (Å²) in [4.78, 5) is 5.65. The molecule has 0 aliphatic heterocycles. The van der Waals surface area contributed by atoms with Crippen molar-refractivity contribution in [1.29, 1.82) is 0 Å². The highest BCUT2D eigenvalue weighted by atomic mass is 32.2. The summed E-state index contributed by atoms with van der Waals surface area (Å²) in [5, 5.41) is 0.897. The Kier molecular flexibility index (Phi) is 4.90. The number of pyridine rings is 1. The van der Waals surface area contributed by atoms with Crippen LogP contribution in [0.25, 0.3) is 0 Å². The van der Waals surface area contributed by atoms with Crippen LogP contribution in [0.15, 0.2) is 40.3 Å². The van der Waals surface area contributed by atoms with Crippen LogP contribution >= 0.6 is 11.8 Å². The van der Waals surface area contributed by atoms with E-state index in [-0.39, 0.29) is 0 Å². The summed E-state index contributed by atoms with van der Waals surface area (Å²) in [5.74, 6) is 0.528. The number of ether oxygens (including phenoxy) is 1. The number of benzene rings is 1. The summed E-state index contributed by atoms with van der Waals surface area (Å²) in [7, 11) is 0. The molecule has 2 aromatic rings. The van der Waals surface area contributed by atoms with Crippen molar-refractivity contribution in [2.75, 3.05) is 12.3 Å². The molecule has 0 amide bonds. The Morgan fingerprint density at radius 2 is 1.95 bits per heavy atom. The van der Waals surface area contributed by atoms with Gasteiger partial charge in [0.15, 0.2) is 0 Å². The number of hydrogen-bond acceptors (Lipinski definition) is 4. The maximum atomic E-state index is 5.87. The Morgan fingerprint density at radius 1 is 1.15 bits per heavy atom. The molecular formula is C16H20N2OS. The van der Waals surface area contributed by atoms with Gasteiger partial charge in [0.2, 0.25) is 5.88 Å². The molecule has 0 aliphatic rings. The van der Waals surface area contributed by atoms with E-state index in [0.29, 0.717) is 18.2 Å². The van der Waals surface area contributed by atoms with Crippen LogP contribution in [0.3, 0.4) is 0 Å². The third kappa shape index (κ3) is 3.67. The van der Waals surface area contributed by atoms with Crippen molar-refractivity contribution in [3.05, 3.63) is 41.5 Å². The Hall–Kier alpha value is -1.68. The molecule has 0 aliphatic carbocycles. The Morgan fingerprint density at radius 3 is 2.65 bits per heavy atom. The molecule has 2 N–H and O–H groups in total. The molecule has 0 unspecified atom stereocenters. The van der Waals surface area contributed by atoms with E-state index in [1.807, 2.05) is 12.1 Å². The van der Waals surface area contributed by atoms with Gasteiger partial charge < -0.3 is 10.5 Å². The fourth-order valence-corrected chi connectivity index (χ4v) is 2.58. The van der Waals surface area contributed by atoms with Gasteiger partial charge in [-0.15, -0.1) is 0 Å². The smallest absolute Gasteiger partial charge is 0.238 e. The van der Waals surface area contributed by atoms with E-state index in [1.165, 1.54) is 16.0 Å². The van der Waals surface area contributed by atoms with E-state index < -0.39 is 0 Å². The molecule has 1 aromatic carbocycles. The van der Waals surface area contributed by atoms with Crippen molar-refractivity contribution >= 4 is 17.4 Å². The first kappa shape index (κ1) is 14.7. The third-order valence-corrected chi connectivity index (χ3v) is 3.93. The highest BCUT2D eigenvalue weighted by Crippen LogP contribution is 2.30. The van der Waals surface area contributed by atoms with Gasteiger partial charge in [0.05, 0.1) is 12.3 Å². The van der Waals surface area contributed by atoms with Gasteiger partial charge in [0, 0.05) is 4.90 Å². The first-order valence-electron chi connectivity index (χ1n) is 6.74. The van der Waals surface area contributed by atoms with E-state index >= 15 is 0 Å². The molecule has 0 radical (unpaired) electrons. The Bertz CT molecular complexity index is 599. The molecule has 20 heavy (non-hydrogen) atoms. The lowest BCUT2D eigenvalue weighted by Gasteiger charge is -2.09. The summed E-state index contributed by atoms with van der Waals surface area (Å²) in [6.45, 7) is 6.92. The molecule has 3 nitrogen and oxygen atoms in total. The van der Waals surface area contributed by atoms with Crippen molar-refractivity contribution in [3.63, 3.8) is 0 Å². The van der Waals surface area contributed by atoms with Crippen LogP contribution in [0.4, 0.5) is 5.69 Å². The van der Waals surface area contributed by atoms with E-state index in [1.54, 1.807) is 11.8 Å². The second-order valence-electron chi connectivity index (χ2n) is 4.74. The summed E-state index contributed by atoms with van der Waals surface area (Å²) in [6.07, 6.45) is 0.940. The standard InChI is InChI=1S/C16H20N2OS/c1-4-9-19-16-14(17)7-8-15(18-16)20-13-6-5-11(2)12(3)10-13/h5-8,10H,4,9,17H2,1-3H3. The number of nitrogen functional groups attached to an aromatic ring is 1. The minimum Gasteiger partial charge on any atom is -0.476 e. The molecular weight excluding hydrogens is 268 g/mol. The summed E-state index contributed by atoms with van der Waals surface area (Å²) in [6, 6.07) is 10.2. The second-order valence-corrected chi connectivity index (χ2v) is 5.83. The number of nitrogens with zero attached hydrogens (tertiary/aromatic N) is 1. The van der Waals surface area contributed by atoms with Gasteiger partial charge in [-0.25, -0.2) is 4.98 Å². The van der Waals surface area contributed by atoms with Crippen LogP contribution in [-0.4, -0.2) is 11.6 Å². The molecule has 106 valence electrons.